The molecule has 3 aliphatic rings. The summed E-state index contributed by atoms with van der Waals surface area (Å²) < 4.78 is 47.6. The van der Waals surface area contributed by atoms with Gasteiger partial charge < -0.3 is 14.4 Å². The van der Waals surface area contributed by atoms with Gasteiger partial charge in [-0.2, -0.15) is 13.1 Å². The van der Waals surface area contributed by atoms with Crippen molar-refractivity contribution in [1.82, 2.24) is 22.9 Å². The lowest BCUT2D eigenvalue weighted by Gasteiger charge is -2.37. The summed E-state index contributed by atoms with van der Waals surface area (Å²) in [5, 5.41) is 0. The fourth-order valence-electron chi connectivity index (χ4n) is 5.03. The second-order valence-corrected chi connectivity index (χ2v) is 11.3. The molecule has 2 fully saturated rings. The van der Waals surface area contributed by atoms with Crippen molar-refractivity contribution < 1.29 is 22.7 Å². The maximum Gasteiger partial charge on any atom is 0.246 e. The van der Waals surface area contributed by atoms with Crippen LogP contribution >= 0.6 is 11.7 Å². The summed E-state index contributed by atoms with van der Waals surface area (Å²) in [7, 11) is -3.87. The van der Waals surface area contributed by atoms with Crippen molar-refractivity contribution in [3.63, 3.8) is 0 Å². The molecule has 3 aromatic rings. The summed E-state index contributed by atoms with van der Waals surface area (Å²) >= 11 is 0.986. The van der Waals surface area contributed by atoms with Gasteiger partial charge in [-0.1, -0.05) is 12.1 Å². The molecule has 35 heavy (non-hydrogen) atoms. The zero-order valence-electron chi connectivity index (χ0n) is 19.0. The van der Waals surface area contributed by atoms with Crippen molar-refractivity contribution in [2.75, 3.05) is 39.5 Å². The van der Waals surface area contributed by atoms with E-state index in [1.54, 1.807) is 23.1 Å². The third kappa shape index (κ3) is 4.14. The number of carbonyl (C=O) groups is 1. The summed E-state index contributed by atoms with van der Waals surface area (Å²) in [5.41, 5.74) is 2.05. The highest BCUT2D eigenvalue weighted by Crippen LogP contribution is 2.33. The van der Waals surface area contributed by atoms with Crippen LogP contribution in [0.4, 0.5) is 0 Å². The van der Waals surface area contributed by atoms with Crippen LogP contribution in [0.2, 0.25) is 0 Å². The number of hydrogen-bond acceptors (Lipinski definition) is 9. The number of benzene rings is 2. The van der Waals surface area contributed by atoms with Gasteiger partial charge in [0.1, 0.15) is 22.0 Å². The summed E-state index contributed by atoms with van der Waals surface area (Å²) in [6, 6.07) is 10.2. The first-order valence-electron chi connectivity index (χ1n) is 11.6. The fraction of sp³-hybridized carbons (Fsp3) is 0.435. The molecule has 2 aromatic carbocycles. The lowest BCUT2D eigenvalue weighted by Crippen LogP contribution is -2.54. The minimum absolute atomic E-state index is 0.114. The van der Waals surface area contributed by atoms with Crippen molar-refractivity contribution in [1.29, 1.82) is 0 Å². The molecule has 1 amide bonds. The van der Waals surface area contributed by atoms with Gasteiger partial charge in [-0.05, 0) is 42.7 Å². The molecule has 10 nitrogen and oxygen atoms in total. The van der Waals surface area contributed by atoms with E-state index in [1.807, 2.05) is 18.2 Å². The summed E-state index contributed by atoms with van der Waals surface area (Å²) in [4.78, 5) is 17.7. The molecule has 12 heteroatoms. The predicted molar refractivity (Wildman–Crippen MR) is 129 cm³/mol. The maximum atomic E-state index is 13.5. The molecule has 0 bridgehead atoms. The number of ether oxygens (including phenoxy) is 2. The zero-order chi connectivity index (χ0) is 24.0. The molecule has 3 aliphatic heterocycles. The topological polar surface area (TPSA) is 105 Å². The van der Waals surface area contributed by atoms with Crippen LogP contribution in [0.1, 0.15) is 18.4 Å². The van der Waals surface area contributed by atoms with Gasteiger partial charge >= 0.3 is 0 Å². The average Bonchev–Trinajstić information content (AvgIpc) is 3.64. The van der Waals surface area contributed by atoms with Gasteiger partial charge in [0.05, 0.1) is 11.7 Å². The van der Waals surface area contributed by atoms with Gasteiger partial charge in [0.25, 0.3) is 0 Å². The number of hydrogen-bond donors (Lipinski definition) is 0. The van der Waals surface area contributed by atoms with E-state index >= 15 is 0 Å². The van der Waals surface area contributed by atoms with Crippen molar-refractivity contribution in [3.8, 4) is 11.5 Å². The van der Waals surface area contributed by atoms with Crippen molar-refractivity contribution >= 4 is 38.7 Å². The first-order chi connectivity index (χ1) is 17.0. The van der Waals surface area contributed by atoms with Crippen LogP contribution in [0.3, 0.4) is 0 Å². The Morgan fingerprint density at radius 1 is 1.03 bits per heavy atom. The number of piperazine rings is 1. The van der Waals surface area contributed by atoms with E-state index in [4.69, 9.17) is 9.47 Å². The standard InChI is InChI=1S/C23H25N5O5S2/c29-23(27-11-9-26(10-12-27)14-16-6-7-19-20(13-16)33-15-32-19)18-4-2-8-28(18)35(30,31)21-5-1-3-17-22(21)25-34-24-17/h1,3,5-7,13,18H,2,4,8-12,14-15H2/t18-/m1/s1. The smallest absolute Gasteiger partial charge is 0.246 e. The lowest BCUT2D eigenvalue weighted by atomic mass is 10.1. The summed E-state index contributed by atoms with van der Waals surface area (Å²) in [5.74, 6) is 1.42. The number of aromatic nitrogens is 2. The van der Waals surface area contributed by atoms with Gasteiger partial charge in [-0.3, -0.25) is 9.69 Å². The van der Waals surface area contributed by atoms with E-state index in [0.717, 1.165) is 48.4 Å². The Kier molecular flexibility index (Phi) is 5.83. The molecule has 1 aromatic heterocycles. The molecular formula is C23H25N5O5S2. The number of nitrogens with zero attached hydrogens (tertiary/aromatic N) is 5. The summed E-state index contributed by atoms with van der Waals surface area (Å²) in [6.07, 6.45) is 1.19. The van der Waals surface area contributed by atoms with E-state index in [2.05, 4.69) is 13.6 Å². The van der Waals surface area contributed by atoms with Gasteiger partial charge in [-0.25, -0.2) is 8.42 Å². The van der Waals surface area contributed by atoms with Gasteiger partial charge in [-0.15, -0.1) is 0 Å². The quantitative estimate of drug-likeness (QED) is 0.508. The highest BCUT2D eigenvalue weighted by Gasteiger charge is 2.42. The van der Waals surface area contributed by atoms with Crippen molar-refractivity contribution in [2.24, 2.45) is 0 Å². The molecule has 2 saturated heterocycles. The molecule has 6 rings (SSSR count). The highest BCUT2D eigenvalue weighted by atomic mass is 32.2. The molecule has 0 N–H and O–H groups in total. The maximum absolute atomic E-state index is 13.5. The Morgan fingerprint density at radius 3 is 2.71 bits per heavy atom. The van der Waals surface area contributed by atoms with E-state index < -0.39 is 16.1 Å². The second-order valence-electron chi connectivity index (χ2n) is 8.95. The second kappa shape index (κ2) is 9.01. The van der Waals surface area contributed by atoms with Crippen LogP contribution in [-0.2, 0) is 21.4 Å². The van der Waals surface area contributed by atoms with Crippen molar-refractivity contribution in [2.45, 2.75) is 30.3 Å². The molecular weight excluding hydrogens is 490 g/mol. The molecule has 184 valence electrons. The van der Waals surface area contributed by atoms with Crippen LogP contribution in [0.25, 0.3) is 11.0 Å². The fourth-order valence-corrected chi connectivity index (χ4v) is 7.43. The Bertz CT molecular complexity index is 1370. The third-order valence-electron chi connectivity index (χ3n) is 6.85. The van der Waals surface area contributed by atoms with E-state index in [-0.39, 0.29) is 17.6 Å². The van der Waals surface area contributed by atoms with Gasteiger partial charge in [0.15, 0.2) is 11.5 Å². The van der Waals surface area contributed by atoms with Gasteiger partial charge in [0.2, 0.25) is 22.7 Å². The van der Waals surface area contributed by atoms with Crippen LogP contribution in [0.15, 0.2) is 41.3 Å². The Morgan fingerprint density at radius 2 is 1.86 bits per heavy atom. The highest BCUT2D eigenvalue weighted by molar-refractivity contribution is 7.89. The SMILES string of the molecule is O=C([C@H]1CCCN1S(=O)(=O)c1cccc2nsnc12)N1CCN(Cc2ccc3c(c2)OCO3)CC1. The minimum atomic E-state index is -3.87. The first-order valence-corrected chi connectivity index (χ1v) is 13.8. The van der Waals surface area contributed by atoms with E-state index in [9.17, 15) is 13.2 Å². The minimum Gasteiger partial charge on any atom is -0.454 e. The van der Waals surface area contributed by atoms with E-state index in [0.29, 0.717) is 43.5 Å². The normalized spacial score (nSPS) is 21.1. The molecule has 0 aliphatic carbocycles. The average molecular weight is 516 g/mol. The Balaban J connectivity index is 1.12. The van der Waals surface area contributed by atoms with Crippen LogP contribution < -0.4 is 9.47 Å². The monoisotopic (exact) mass is 515 g/mol. The van der Waals surface area contributed by atoms with E-state index in [1.165, 1.54) is 4.31 Å². The molecule has 0 radical (unpaired) electrons. The predicted octanol–water partition coefficient (Wildman–Crippen LogP) is 1.92. The van der Waals surface area contributed by atoms with Gasteiger partial charge in [0, 0.05) is 39.3 Å². The molecule has 0 unspecified atom stereocenters. The van der Waals surface area contributed by atoms with Crippen LogP contribution in [-0.4, -0.2) is 82.7 Å². The first kappa shape index (κ1) is 22.7. The molecule has 0 spiro atoms. The van der Waals surface area contributed by atoms with Crippen LogP contribution in [0.5, 0.6) is 11.5 Å². The number of amides is 1. The number of fused-ring (bicyclic) bond motifs is 2. The van der Waals surface area contributed by atoms with Crippen molar-refractivity contribution in [3.05, 3.63) is 42.0 Å². The zero-order valence-corrected chi connectivity index (χ0v) is 20.6. The number of carbonyl (C=O) groups excluding carboxylic acids is 1. The Labute approximate surface area is 207 Å². The Hall–Kier alpha value is -2.80. The third-order valence-corrected chi connectivity index (χ3v) is 9.33. The molecule has 0 saturated carbocycles. The number of rotatable bonds is 5. The largest absolute Gasteiger partial charge is 0.454 e. The molecule has 4 heterocycles. The number of sulfonamides is 1. The molecule has 1 atom stereocenters. The van der Waals surface area contributed by atoms with Crippen LogP contribution in [0, 0.1) is 0 Å². The lowest BCUT2D eigenvalue weighted by molar-refractivity contribution is -0.136. The summed E-state index contributed by atoms with van der Waals surface area (Å²) in [6.45, 7) is 3.93.